The van der Waals surface area contributed by atoms with Gasteiger partial charge in [0, 0.05) is 10.8 Å². The van der Waals surface area contributed by atoms with Crippen LogP contribution < -0.4 is 0 Å². The molecular formula is C13H22O2. The molecule has 0 N–H and O–H groups in total. The number of Topliss-reactive ketones (excluding diaryl/α,β-unsaturated/α-hetero) is 2. The average molecular weight is 210 g/mol. The Balaban J connectivity index is 0.000000531. The summed E-state index contributed by atoms with van der Waals surface area (Å²) in [6.07, 6.45) is 4.62. The maximum atomic E-state index is 11.5. The van der Waals surface area contributed by atoms with Crippen LogP contribution in [0, 0.1) is 10.8 Å². The van der Waals surface area contributed by atoms with Crippen LogP contribution in [-0.4, -0.2) is 11.6 Å². The zero-order valence-corrected chi connectivity index (χ0v) is 10.4. The first-order valence-electron chi connectivity index (χ1n) is 6.03. The standard InChI is InChI=1S/C11H16O2.C2H6/c1-8(12)10-3-5-11(7-10,6-4-10)9(2)13;1-2/h3-7H2,1-2H3;1-2H3. The highest BCUT2D eigenvalue weighted by atomic mass is 16.1. The van der Waals surface area contributed by atoms with E-state index in [0.717, 1.165) is 32.1 Å². The zero-order valence-electron chi connectivity index (χ0n) is 10.4. The molecule has 0 atom stereocenters. The van der Waals surface area contributed by atoms with Crippen molar-refractivity contribution in [3.05, 3.63) is 0 Å². The molecule has 0 unspecified atom stereocenters. The second kappa shape index (κ2) is 4.07. The van der Waals surface area contributed by atoms with E-state index in [4.69, 9.17) is 0 Å². The number of fused-ring (bicyclic) bond motifs is 2. The van der Waals surface area contributed by atoms with Crippen LogP contribution in [0.15, 0.2) is 0 Å². The van der Waals surface area contributed by atoms with Crippen LogP contribution in [0.25, 0.3) is 0 Å². The van der Waals surface area contributed by atoms with Gasteiger partial charge in [-0.3, -0.25) is 9.59 Å². The highest BCUT2D eigenvalue weighted by molar-refractivity contribution is 5.89. The Bertz CT molecular complexity index is 242. The first-order chi connectivity index (χ1) is 7.01. The molecule has 0 spiro atoms. The Hall–Kier alpha value is -0.660. The Morgan fingerprint density at radius 1 is 0.800 bits per heavy atom. The molecule has 2 aliphatic rings. The van der Waals surface area contributed by atoms with E-state index < -0.39 is 0 Å². The number of rotatable bonds is 2. The third-order valence-electron chi connectivity index (χ3n) is 4.33. The van der Waals surface area contributed by atoms with Crippen molar-refractivity contribution in [3.8, 4) is 0 Å². The van der Waals surface area contributed by atoms with Gasteiger partial charge in [0.2, 0.25) is 0 Å². The second-order valence-electron chi connectivity index (χ2n) is 4.85. The summed E-state index contributed by atoms with van der Waals surface area (Å²) in [6, 6.07) is 0. The molecule has 0 amide bonds. The Morgan fingerprint density at radius 3 is 1.20 bits per heavy atom. The summed E-state index contributed by atoms with van der Waals surface area (Å²) in [5.41, 5.74) is -0.211. The van der Waals surface area contributed by atoms with Gasteiger partial charge in [0.15, 0.2) is 0 Å². The summed E-state index contributed by atoms with van der Waals surface area (Å²) in [5, 5.41) is 0. The Kier molecular flexibility index (Phi) is 3.37. The SMILES string of the molecule is CC.CC(=O)C12CCC(C(C)=O)(CC1)C2. The van der Waals surface area contributed by atoms with Gasteiger partial charge in [0.05, 0.1) is 0 Å². The van der Waals surface area contributed by atoms with Crippen molar-refractivity contribution in [1.29, 1.82) is 0 Å². The molecule has 0 aromatic heterocycles. The molecule has 2 rings (SSSR count). The molecule has 2 heteroatoms. The van der Waals surface area contributed by atoms with Gasteiger partial charge in [-0.25, -0.2) is 0 Å². The number of hydrogen-bond donors (Lipinski definition) is 0. The van der Waals surface area contributed by atoms with Crippen LogP contribution in [0.5, 0.6) is 0 Å². The lowest BCUT2D eigenvalue weighted by Crippen LogP contribution is -2.23. The van der Waals surface area contributed by atoms with Crippen molar-refractivity contribution in [3.63, 3.8) is 0 Å². The summed E-state index contributed by atoms with van der Waals surface area (Å²) < 4.78 is 0. The van der Waals surface area contributed by atoms with Crippen molar-refractivity contribution in [1.82, 2.24) is 0 Å². The minimum atomic E-state index is -0.105. The van der Waals surface area contributed by atoms with Crippen LogP contribution in [0.3, 0.4) is 0 Å². The van der Waals surface area contributed by atoms with E-state index >= 15 is 0 Å². The maximum Gasteiger partial charge on any atom is 0.135 e. The van der Waals surface area contributed by atoms with Gasteiger partial charge in [-0.1, -0.05) is 13.8 Å². The van der Waals surface area contributed by atoms with E-state index in [-0.39, 0.29) is 10.8 Å². The molecule has 2 nitrogen and oxygen atoms in total. The lowest BCUT2D eigenvalue weighted by molar-refractivity contribution is -0.126. The van der Waals surface area contributed by atoms with Gasteiger partial charge < -0.3 is 0 Å². The molecular weight excluding hydrogens is 188 g/mol. The van der Waals surface area contributed by atoms with Crippen LogP contribution in [0.4, 0.5) is 0 Å². The summed E-state index contributed by atoms with van der Waals surface area (Å²) in [4.78, 5) is 23.0. The van der Waals surface area contributed by atoms with E-state index in [9.17, 15) is 9.59 Å². The smallest absolute Gasteiger partial charge is 0.135 e. The first kappa shape index (κ1) is 12.4. The lowest BCUT2D eigenvalue weighted by Gasteiger charge is -2.24. The Labute approximate surface area is 92.4 Å². The largest absolute Gasteiger partial charge is 0.299 e. The predicted octanol–water partition coefficient (Wildman–Crippen LogP) is 3.14. The van der Waals surface area contributed by atoms with Crippen LogP contribution in [-0.2, 0) is 9.59 Å². The monoisotopic (exact) mass is 210 g/mol. The van der Waals surface area contributed by atoms with Gasteiger partial charge in [-0.2, -0.15) is 0 Å². The topological polar surface area (TPSA) is 34.1 Å². The normalized spacial score (nSPS) is 37.1. The van der Waals surface area contributed by atoms with E-state index in [2.05, 4.69) is 0 Å². The van der Waals surface area contributed by atoms with Crippen LogP contribution in [0.1, 0.15) is 59.8 Å². The molecule has 15 heavy (non-hydrogen) atoms. The van der Waals surface area contributed by atoms with E-state index in [0.29, 0.717) is 11.6 Å². The van der Waals surface area contributed by atoms with Gasteiger partial charge >= 0.3 is 0 Å². The van der Waals surface area contributed by atoms with Crippen LogP contribution >= 0.6 is 0 Å². The molecule has 0 aliphatic heterocycles. The molecule has 0 aromatic rings. The maximum absolute atomic E-state index is 11.5. The number of ketones is 2. The molecule has 2 bridgehead atoms. The fourth-order valence-electron chi connectivity index (χ4n) is 3.16. The highest BCUT2D eigenvalue weighted by Gasteiger charge is 2.58. The fourth-order valence-corrected chi connectivity index (χ4v) is 3.16. The summed E-state index contributed by atoms with van der Waals surface area (Å²) in [5.74, 6) is 0.598. The van der Waals surface area contributed by atoms with Gasteiger partial charge in [-0.05, 0) is 46.0 Å². The van der Waals surface area contributed by atoms with Crippen molar-refractivity contribution < 1.29 is 9.59 Å². The molecule has 2 aliphatic carbocycles. The van der Waals surface area contributed by atoms with E-state index in [1.807, 2.05) is 13.8 Å². The lowest BCUT2D eigenvalue weighted by atomic mass is 9.79. The van der Waals surface area contributed by atoms with E-state index in [1.165, 1.54) is 0 Å². The van der Waals surface area contributed by atoms with Gasteiger partial charge in [0.1, 0.15) is 11.6 Å². The van der Waals surface area contributed by atoms with Gasteiger partial charge in [0.25, 0.3) is 0 Å². The predicted molar refractivity (Wildman–Crippen MR) is 60.7 cm³/mol. The Morgan fingerprint density at radius 2 is 1.07 bits per heavy atom. The molecule has 0 radical (unpaired) electrons. The molecule has 86 valence electrons. The minimum absolute atomic E-state index is 0.105. The van der Waals surface area contributed by atoms with Crippen molar-refractivity contribution in [2.75, 3.05) is 0 Å². The number of carbonyl (C=O) groups excluding carboxylic acids is 2. The summed E-state index contributed by atoms with van der Waals surface area (Å²) in [6.45, 7) is 7.36. The molecule has 0 aromatic carbocycles. The van der Waals surface area contributed by atoms with Crippen molar-refractivity contribution in [2.24, 2.45) is 10.8 Å². The number of hydrogen-bond acceptors (Lipinski definition) is 2. The fraction of sp³-hybridized carbons (Fsp3) is 0.846. The zero-order chi connectivity index (χ0) is 11.7. The second-order valence-corrected chi connectivity index (χ2v) is 4.85. The van der Waals surface area contributed by atoms with E-state index in [1.54, 1.807) is 13.8 Å². The molecule has 2 saturated carbocycles. The molecule has 0 heterocycles. The van der Waals surface area contributed by atoms with Crippen molar-refractivity contribution in [2.45, 2.75) is 59.8 Å². The average Bonchev–Trinajstić information content (AvgIpc) is 2.79. The summed E-state index contributed by atoms with van der Waals surface area (Å²) in [7, 11) is 0. The summed E-state index contributed by atoms with van der Waals surface area (Å²) >= 11 is 0. The molecule has 0 saturated heterocycles. The third kappa shape index (κ3) is 1.75. The minimum Gasteiger partial charge on any atom is -0.299 e. The molecule has 2 fully saturated rings. The highest BCUT2D eigenvalue weighted by Crippen LogP contribution is 2.62. The third-order valence-corrected chi connectivity index (χ3v) is 4.33. The quantitative estimate of drug-likeness (QED) is 0.701. The van der Waals surface area contributed by atoms with Crippen molar-refractivity contribution >= 4 is 11.6 Å². The first-order valence-corrected chi connectivity index (χ1v) is 6.03. The van der Waals surface area contributed by atoms with Crippen LogP contribution in [0.2, 0.25) is 0 Å². The number of carbonyl (C=O) groups is 2. The van der Waals surface area contributed by atoms with Gasteiger partial charge in [-0.15, -0.1) is 0 Å².